The topological polar surface area (TPSA) is 38.5 Å². The minimum atomic E-state index is -1.41. The Morgan fingerprint density at radius 3 is 2.33 bits per heavy atom. The normalized spacial score (nSPS) is 17.3. The van der Waals surface area contributed by atoms with Crippen LogP contribution in [0, 0.1) is 17.5 Å². The molecule has 0 aromatic heterocycles. The van der Waals surface area contributed by atoms with Gasteiger partial charge in [-0.25, -0.2) is 13.2 Å². The molecule has 0 saturated carbocycles. The molecule has 2 N–H and O–H groups in total. The molecule has 21 heavy (non-hydrogen) atoms. The second-order valence-electron chi connectivity index (χ2n) is 5.36. The maximum absolute atomic E-state index is 13.2. The van der Waals surface area contributed by atoms with Crippen molar-refractivity contribution in [2.45, 2.75) is 31.9 Å². The van der Waals surface area contributed by atoms with Crippen molar-refractivity contribution < 1.29 is 17.9 Å². The molecule has 0 aliphatic carbocycles. The van der Waals surface area contributed by atoms with E-state index in [1.54, 1.807) is 0 Å². The standard InChI is InChI=1S/C15H21F3N2O/c16-13-8-11(9-14(17)15(13)18)10-20-5-2-12(3-6-20)21-7-1-4-19/h8-9,12H,1-7,10,19H2. The van der Waals surface area contributed by atoms with Gasteiger partial charge in [0.05, 0.1) is 6.10 Å². The monoisotopic (exact) mass is 302 g/mol. The molecule has 1 heterocycles. The molecule has 1 saturated heterocycles. The van der Waals surface area contributed by atoms with E-state index in [0.29, 0.717) is 25.3 Å². The number of hydrogen-bond donors (Lipinski definition) is 1. The first kappa shape index (κ1) is 16.3. The molecule has 0 atom stereocenters. The number of hydrogen-bond acceptors (Lipinski definition) is 3. The van der Waals surface area contributed by atoms with Gasteiger partial charge in [0, 0.05) is 26.2 Å². The maximum atomic E-state index is 13.2. The summed E-state index contributed by atoms with van der Waals surface area (Å²) in [5.74, 6) is -3.68. The lowest BCUT2D eigenvalue weighted by molar-refractivity contribution is 0.00559. The summed E-state index contributed by atoms with van der Waals surface area (Å²) in [6.07, 6.45) is 2.86. The first-order valence-electron chi connectivity index (χ1n) is 7.27. The molecule has 1 aliphatic rings. The zero-order chi connectivity index (χ0) is 15.2. The predicted octanol–water partition coefficient (Wildman–Crippen LogP) is 2.43. The fourth-order valence-corrected chi connectivity index (χ4v) is 2.52. The number of nitrogens with zero attached hydrogens (tertiary/aromatic N) is 1. The van der Waals surface area contributed by atoms with E-state index in [4.69, 9.17) is 10.5 Å². The van der Waals surface area contributed by atoms with E-state index < -0.39 is 17.5 Å². The fourth-order valence-electron chi connectivity index (χ4n) is 2.52. The summed E-state index contributed by atoms with van der Waals surface area (Å²) >= 11 is 0. The highest BCUT2D eigenvalue weighted by atomic mass is 19.2. The Bertz CT molecular complexity index is 439. The van der Waals surface area contributed by atoms with E-state index in [0.717, 1.165) is 44.5 Å². The van der Waals surface area contributed by atoms with Gasteiger partial charge in [-0.3, -0.25) is 4.90 Å². The van der Waals surface area contributed by atoms with Crippen molar-refractivity contribution in [1.29, 1.82) is 0 Å². The van der Waals surface area contributed by atoms with Crippen molar-refractivity contribution in [1.82, 2.24) is 4.90 Å². The van der Waals surface area contributed by atoms with Crippen LogP contribution in [0.3, 0.4) is 0 Å². The Hall–Kier alpha value is -1.11. The van der Waals surface area contributed by atoms with Gasteiger partial charge in [0.2, 0.25) is 0 Å². The van der Waals surface area contributed by atoms with Gasteiger partial charge in [-0.1, -0.05) is 0 Å². The summed E-state index contributed by atoms with van der Waals surface area (Å²) in [7, 11) is 0. The lowest BCUT2D eigenvalue weighted by Gasteiger charge is -2.32. The van der Waals surface area contributed by atoms with Gasteiger partial charge < -0.3 is 10.5 Å². The molecule has 1 aliphatic heterocycles. The number of ether oxygens (including phenoxy) is 1. The molecule has 0 unspecified atom stereocenters. The summed E-state index contributed by atoms with van der Waals surface area (Å²) in [5.41, 5.74) is 5.86. The predicted molar refractivity (Wildman–Crippen MR) is 74.2 cm³/mol. The van der Waals surface area contributed by atoms with Gasteiger partial charge in [-0.15, -0.1) is 0 Å². The molecule has 2 rings (SSSR count). The van der Waals surface area contributed by atoms with E-state index in [2.05, 4.69) is 4.90 Å². The van der Waals surface area contributed by atoms with Crippen molar-refractivity contribution in [3.05, 3.63) is 35.1 Å². The first-order chi connectivity index (χ1) is 10.1. The van der Waals surface area contributed by atoms with Gasteiger partial charge in [-0.2, -0.15) is 0 Å². The van der Waals surface area contributed by atoms with Gasteiger partial charge in [0.15, 0.2) is 17.5 Å². The smallest absolute Gasteiger partial charge is 0.194 e. The molecule has 0 spiro atoms. The lowest BCUT2D eigenvalue weighted by Crippen LogP contribution is -2.36. The highest BCUT2D eigenvalue weighted by Gasteiger charge is 2.20. The molecule has 0 radical (unpaired) electrons. The van der Waals surface area contributed by atoms with Crippen LogP contribution < -0.4 is 5.73 Å². The van der Waals surface area contributed by atoms with Gasteiger partial charge in [-0.05, 0) is 43.5 Å². The Balaban J connectivity index is 1.81. The molecule has 0 amide bonds. The lowest BCUT2D eigenvalue weighted by atomic mass is 10.1. The van der Waals surface area contributed by atoms with Crippen molar-refractivity contribution in [2.75, 3.05) is 26.2 Å². The number of piperidine rings is 1. The van der Waals surface area contributed by atoms with E-state index in [1.165, 1.54) is 0 Å². The molecular weight excluding hydrogens is 281 g/mol. The molecule has 0 bridgehead atoms. The third-order valence-corrected chi connectivity index (χ3v) is 3.69. The van der Waals surface area contributed by atoms with Gasteiger partial charge in [0.1, 0.15) is 0 Å². The third kappa shape index (κ3) is 4.69. The van der Waals surface area contributed by atoms with Crippen LogP contribution in [-0.2, 0) is 11.3 Å². The number of nitrogens with two attached hydrogens (primary N) is 1. The SMILES string of the molecule is NCCCOC1CCN(Cc2cc(F)c(F)c(F)c2)CC1. The van der Waals surface area contributed by atoms with E-state index in [-0.39, 0.29) is 6.10 Å². The molecule has 1 fully saturated rings. The first-order valence-corrected chi connectivity index (χ1v) is 7.27. The van der Waals surface area contributed by atoms with Crippen LogP contribution in [0.4, 0.5) is 13.2 Å². The summed E-state index contributed by atoms with van der Waals surface area (Å²) < 4.78 is 44.9. The van der Waals surface area contributed by atoms with Crippen LogP contribution in [0.25, 0.3) is 0 Å². The molecule has 6 heteroatoms. The van der Waals surface area contributed by atoms with Crippen LogP contribution in [0.1, 0.15) is 24.8 Å². The Morgan fingerprint density at radius 1 is 1.14 bits per heavy atom. The minimum Gasteiger partial charge on any atom is -0.378 e. The van der Waals surface area contributed by atoms with Crippen LogP contribution in [0.2, 0.25) is 0 Å². The van der Waals surface area contributed by atoms with Gasteiger partial charge in [0.25, 0.3) is 0 Å². The average Bonchev–Trinajstić information content (AvgIpc) is 2.47. The average molecular weight is 302 g/mol. The van der Waals surface area contributed by atoms with Crippen LogP contribution in [0.15, 0.2) is 12.1 Å². The van der Waals surface area contributed by atoms with E-state index in [1.807, 2.05) is 0 Å². The van der Waals surface area contributed by atoms with Crippen LogP contribution in [-0.4, -0.2) is 37.2 Å². The Kier molecular flexibility index (Phi) is 6.02. The molecule has 1 aromatic rings. The van der Waals surface area contributed by atoms with Crippen molar-refractivity contribution in [2.24, 2.45) is 5.73 Å². The molecule has 1 aromatic carbocycles. The largest absolute Gasteiger partial charge is 0.378 e. The molecule has 118 valence electrons. The maximum Gasteiger partial charge on any atom is 0.194 e. The van der Waals surface area contributed by atoms with Crippen molar-refractivity contribution in [3.63, 3.8) is 0 Å². The number of halogens is 3. The number of rotatable bonds is 6. The van der Waals surface area contributed by atoms with Crippen LogP contribution >= 0.6 is 0 Å². The highest BCUT2D eigenvalue weighted by molar-refractivity contribution is 5.19. The fraction of sp³-hybridized carbons (Fsp3) is 0.600. The van der Waals surface area contributed by atoms with Crippen molar-refractivity contribution in [3.8, 4) is 0 Å². The molecular formula is C15H21F3N2O. The van der Waals surface area contributed by atoms with E-state index in [9.17, 15) is 13.2 Å². The Labute approximate surface area is 122 Å². The molecule has 3 nitrogen and oxygen atoms in total. The summed E-state index contributed by atoms with van der Waals surface area (Å²) in [5, 5.41) is 0. The second-order valence-corrected chi connectivity index (χ2v) is 5.36. The summed E-state index contributed by atoms with van der Waals surface area (Å²) in [6.45, 7) is 3.32. The summed E-state index contributed by atoms with van der Waals surface area (Å²) in [4.78, 5) is 2.09. The zero-order valence-corrected chi connectivity index (χ0v) is 12.0. The number of benzene rings is 1. The zero-order valence-electron chi connectivity index (χ0n) is 12.0. The minimum absolute atomic E-state index is 0.231. The highest BCUT2D eigenvalue weighted by Crippen LogP contribution is 2.19. The van der Waals surface area contributed by atoms with Gasteiger partial charge >= 0.3 is 0 Å². The summed E-state index contributed by atoms with van der Waals surface area (Å²) in [6, 6.07) is 2.12. The Morgan fingerprint density at radius 2 is 1.76 bits per heavy atom. The van der Waals surface area contributed by atoms with Crippen molar-refractivity contribution >= 4 is 0 Å². The quantitative estimate of drug-likeness (QED) is 0.648. The third-order valence-electron chi connectivity index (χ3n) is 3.69. The van der Waals surface area contributed by atoms with Crippen LogP contribution in [0.5, 0.6) is 0 Å². The number of likely N-dealkylation sites (tertiary alicyclic amines) is 1. The van der Waals surface area contributed by atoms with E-state index >= 15 is 0 Å². The second kappa shape index (κ2) is 7.77.